The van der Waals surface area contributed by atoms with Crippen molar-refractivity contribution in [3.8, 4) is 0 Å². The first-order chi connectivity index (χ1) is 11.0. The fourth-order valence-corrected chi connectivity index (χ4v) is 1.89. The van der Waals surface area contributed by atoms with Crippen molar-refractivity contribution in [1.82, 2.24) is 9.78 Å². The lowest BCUT2D eigenvalue weighted by atomic mass is 10.1. The number of hydrogen-bond donors (Lipinski definition) is 0. The topological polar surface area (TPSA) is 87.3 Å². The average molecular weight is 319 g/mol. The Morgan fingerprint density at radius 1 is 1.52 bits per heavy atom. The number of aromatic nitrogens is 2. The molecule has 7 nitrogen and oxygen atoms in total. The van der Waals surface area contributed by atoms with E-state index in [0.717, 1.165) is 23.8 Å². The molecular formula is C15H14FN3O4. The number of hydrogen-bond acceptors (Lipinski definition) is 5. The van der Waals surface area contributed by atoms with Gasteiger partial charge in [0.25, 0.3) is 5.69 Å². The maximum Gasteiger partial charge on any atom is 0.330 e. The summed E-state index contributed by atoms with van der Waals surface area (Å²) in [7, 11) is 1.79. The molecule has 0 N–H and O–H groups in total. The Labute approximate surface area is 131 Å². The van der Waals surface area contributed by atoms with Crippen LogP contribution in [0.15, 0.2) is 36.7 Å². The van der Waals surface area contributed by atoms with Crippen LogP contribution in [0.1, 0.15) is 11.1 Å². The van der Waals surface area contributed by atoms with E-state index in [-0.39, 0.29) is 12.2 Å². The largest absolute Gasteiger partial charge is 0.462 e. The Hall–Kier alpha value is -3.03. The first kappa shape index (κ1) is 16.3. The van der Waals surface area contributed by atoms with Crippen LogP contribution in [0.5, 0.6) is 0 Å². The molecule has 2 rings (SSSR count). The van der Waals surface area contributed by atoms with Crippen molar-refractivity contribution < 1.29 is 18.8 Å². The molecule has 8 heteroatoms. The van der Waals surface area contributed by atoms with Crippen LogP contribution in [0.4, 0.5) is 10.1 Å². The summed E-state index contributed by atoms with van der Waals surface area (Å²) in [4.78, 5) is 21.7. The van der Waals surface area contributed by atoms with Gasteiger partial charge in [-0.25, -0.2) is 9.18 Å². The molecule has 0 fully saturated rings. The number of nitro benzene ring substituents is 1. The Balaban J connectivity index is 1.92. The fraction of sp³-hybridized carbons (Fsp3) is 0.200. The number of carbonyl (C=O) groups excluding carboxylic acids is 1. The summed E-state index contributed by atoms with van der Waals surface area (Å²) < 4.78 is 19.6. The van der Waals surface area contributed by atoms with Gasteiger partial charge in [-0.3, -0.25) is 14.8 Å². The monoisotopic (exact) mass is 319 g/mol. The molecule has 0 saturated heterocycles. The molecule has 1 aromatic heterocycles. The standard InChI is InChI=1S/C15H14FN3O4/c1-18-10-11(9-17-18)6-7-23-15(20)5-3-12-2-4-13(16)8-14(12)19(21)22/h2-5,8-10H,6-7H2,1H3. The van der Waals surface area contributed by atoms with Gasteiger partial charge >= 0.3 is 5.97 Å². The second kappa shape index (κ2) is 7.30. The van der Waals surface area contributed by atoms with E-state index in [1.165, 1.54) is 12.1 Å². The van der Waals surface area contributed by atoms with Gasteiger partial charge in [-0.15, -0.1) is 0 Å². The Morgan fingerprint density at radius 3 is 2.96 bits per heavy atom. The minimum atomic E-state index is -0.715. The number of halogens is 1. The third-order valence-corrected chi connectivity index (χ3v) is 2.98. The maximum atomic E-state index is 13.0. The molecule has 0 saturated carbocycles. The van der Waals surface area contributed by atoms with Crippen LogP contribution in [0.3, 0.4) is 0 Å². The molecule has 1 aromatic carbocycles. The van der Waals surface area contributed by atoms with Crippen molar-refractivity contribution in [2.45, 2.75) is 6.42 Å². The molecule has 0 bridgehead atoms. The highest BCUT2D eigenvalue weighted by Crippen LogP contribution is 2.21. The van der Waals surface area contributed by atoms with Crippen molar-refractivity contribution in [2.24, 2.45) is 7.05 Å². The molecule has 0 atom stereocenters. The van der Waals surface area contributed by atoms with Gasteiger partial charge in [-0.1, -0.05) is 0 Å². The zero-order chi connectivity index (χ0) is 16.8. The summed E-state index contributed by atoms with van der Waals surface area (Å²) in [5.74, 6) is -1.35. The van der Waals surface area contributed by atoms with Crippen molar-refractivity contribution >= 4 is 17.7 Å². The van der Waals surface area contributed by atoms with Crippen molar-refractivity contribution in [2.75, 3.05) is 6.61 Å². The summed E-state index contributed by atoms with van der Waals surface area (Å²) in [5.41, 5.74) is 0.642. The van der Waals surface area contributed by atoms with Crippen molar-refractivity contribution in [3.05, 3.63) is 63.7 Å². The maximum absolute atomic E-state index is 13.0. The highest BCUT2D eigenvalue weighted by molar-refractivity contribution is 5.87. The highest BCUT2D eigenvalue weighted by atomic mass is 19.1. The second-order valence-electron chi connectivity index (χ2n) is 4.73. The lowest BCUT2D eigenvalue weighted by Crippen LogP contribution is -2.04. The minimum Gasteiger partial charge on any atom is -0.462 e. The van der Waals surface area contributed by atoms with Gasteiger partial charge in [0, 0.05) is 25.7 Å². The first-order valence-electron chi connectivity index (χ1n) is 6.72. The third kappa shape index (κ3) is 4.73. The van der Waals surface area contributed by atoms with E-state index in [1.54, 1.807) is 17.9 Å². The van der Waals surface area contributed by atoms with E-state index in [1.807, 2.05) is 6.20 Å². The number of carbonyl (C=O) groups is 1. The average Bonchev–Trinajstić information content (AvgIpc) is 2.91. The molecule has 0 aliphatic heterocycles. The van der Waals surface area contributed by atoms with Gasteiger partial charge in [0.1, 0.15) is 5.82 Å². The van der Waals surface area contributed by atoms with Crippen molar-refractivity contribution in [1.29, 1.82) is 0 Å². The predicted molar refractivity (Wildman–Crippen MR) is 80.0 cm³/mol. The number of nitrogens with zero attached hydrogens (tertiary/aromatic N) is 3. The van der Waals surface area contributed by atoms with E-state index in [4.69, 9.17) is 4.74 Å². The van der Waals surface area contributed by atoms with Crippen LogP contribution in [0.2, 0.25) is 0 Å². The van der Waals surface area contributed by atoms with E-state index in [9.17, 15) is 19.3 Å². The van der Waals surface area contributed by atoms with Crippen LogP contribution >= 0.6 is 0 Å². The Bertz CT molecular complexity index is 755. The van der Waals surface area contributed by atoms with Crippen LogP contribution in [0, 0.1) is 15.9 Å². The normalized spacial score (nSPS) is 10.9. The second-order valence-corrected chi connectivity index (χ2v) is 4.73. The van der Waals surface area contributed by atoms with Crippen molar-refractivity contribution in [3.63, 3.8) is 0 Å². The summed E-state index contributed by atoms with van der Waals surface area (Å²) >= 11 is 0. The zero-order valence-corrected chi connectivity index (χ0v) is 12.3. The van der Waals surface area contributed by atoms with Crippen LogP contribution in [-0.4, -0.2) is 27.3 Å². The summed E-state index contributed by atoms with van der Waals surface area (Å²) in [6, 6.07) is 3.11. The molecule has 1 heterocycles. The van der Waals surface area contributed by atoms with Gasteiger partial charge in [0.15, 0.2) is 0 Å². The molecule has 0 aliphatic rings. The van der Waals surface area contributed by atoms with E-state index >= 15 is 0 Å². The quantitative estimate of drug-likeness (QED) is 0.353. The minimum absolute atomic E-state index is 0.126. The van der Waals surface area contributed by atoms with Crippen LogP contribution < -0.4 is 0 Å². The molecule has 23 heavy (non-hydrogen) atoms. The molecule has 2 aromatic rings. The smallest absolute Gasteiger partial charge is 0.330 e. The lowest BCUT2D eigenvalue weighted by Gasteiger charge is -2.00. The number of ether oxygens (including phenoxy) is 1. The van der Waals surface area contributed by atoms with Gasteiger partial charge in [-0.2, -0.15) is 5.10 Å². The van der Waals surface area contributed by atoms with Gasteiger partial charge in [-0.05, 0) is 23.8 Å². The Morgan fingerprint density at radius 2 is 2.30 bits per heavy atom. The Kier molecular flexibility index (Phi) is 5.19. The summed E-state index contributed by atoms with van der Waals surface area (Å²) in [6.07, 6.45) is 6.30. The lowest BCUT2D eigenvalue weighted by molar-refractivity contribution is -0.385. The number of rotatable bonds is 6. The summed E-state index contributed by atoms with van der Waals surface area (Å²) in [6.45, 7) is 0.167. The highest BCUT2D eigenvalue weighted by Gasteiger charge is 2.13. The SMILES string of the molecule is Cn1cc(CCOC(=O)C=Cc2ccc(F)cc2[N+](=O)[O-])cn1. The molecule has 0 radical (unpaired) electrons. The van der Waals surface area contributed by atoms with E-state index in [2.05, 4.69) is 5.10 Å². The molecule has 0 spiro atoms. The number of aryl methyl sites for hydroxylation is 1. The first-order valence-corrected chi connectivity index (χ1v) is 6.72. The third-order valence-electron chi connectivity index (χ3n) is 2.98. The van der Waals surface area contributed by atoms with E-state index in [0.29, 0.717) is 6.42 Å². The molecular weight excluding hydrogens is 305 g/mol. The van der Waals surface area contributed by atoms with Gasteiger partial charge in [0.2, 0.25) is 0 Å². The molecule has 0 amide bonds. The van der Waals surface area contributed by atoms with Crippen LogP contribution in [-0.2, 0) is 23.0 Å². The van der Waals surface area contributed by atoms with Gasteiger partial charge in [0.05, 0.1) is 29.4 Å². The van der Waals surface area contributed by atoms with E-state index < -0.39 is 22.4 Å². The fourth-order valence-electron chi connectivity index (χ4n) is 1.89. The predicted octanol–water partition coefficient (Wildman–Crippen LogP) is 2.27. The van der Waals surface area contributed by atoms with Crippen LogP contribution in [0.25, 0.3) is 6.08 Å². The number of esters is 1. The summed E-state index contributed by atoms with van der Waals surface area (Å²) in [5, 5.41) is 14.8. The number of nitro groups is 1. The number of benzene rings is 1. The molecule has 120 valence electrons. The van der Waals surface area contributed by atoms with Gasteiger partial charge < -0.3 is 4.74 Å². The molecule has 0 aliphatic carbocycles. The zero-order valence-electron chi connectivity index (χ0n) is 12.3. The molecule has 0 unspecified atom stereocenters.